The van der Waals surface area contributed by atoms with E-state index >= 15 is 0 Å². The summed E-state index contributed by atoms with van der Waals surface area (Å²) in [5, 5.41) is 0.00535. The van der Waals surface area contributed by atoms with E-state index in [9.17, 15) is 14.4 Å². The number of carbonyl (C=O) groups is 3. The van der Waals surface area contributed by atoms with E-state index in [0.29, 0.717) is 18.7 Å². The van der Waals surface area contributed by atoms with Gasteiger partial charge in [0.15, 0.2) is 0 Å². The summed E-state index contributed by atoms with van der Waals surface area (Å²) in [6.07, 6.45) is 0.162. The van der Waals surface area contributed by atoms with Gasteiger partial charge in [-0.2, -0.15) is 0 Å². The van der Waals surface area contributed by atoms with Gasteiger partial charge in [-0.15, -0.1) is 0 Å². The van der Waals surface area contributed by atoms with Crippen LogP contribution in [0.15, 0.2) is 24.3 Å². The summed E-state index contributed by atoms with van der Waals surface area (Å²) in [6, 6.07) is 7.30. The summed E-state index contributed by atoms with van der Waals surface area (Å²) in [6.45, 7) is 7.35. The van der Waals surface area contributed by atoms with E-state index in [-0.39, 0.29) is 28.9 Å². The molecule has 6 nitrogen and oxygen atoms in total. The third-order valence-corrected chi connectivity index (χ3v) is 4.67. The molecule has 2 N–H and O–H groups in total. The van der Waals surface area contributed by atoms with Crippen molar-refractivity contribution in [3.8, 4) is 0 Å². The molecule has 7 heteroatoms. The summed E-state index contributed by atoms with van der Waals surface area (Å²) < 4.78 is 0. The maximum Gasteiger partial charge on any atom is 0.281 e. The van der Waals surface area contributed by atoms with Crippen LogP contribution in [0.1, 0.15) is 43.1 Å². The van der Waals surface area contributed by atoms with Gasteiger partial charge in [-0.05, 0) is 23.1 Å². The van der Waals surface area contributed by atoms with Gasteiger partial charge >= 0.3 is 0 Å². The Balaban J connectivity index is 1.77. The second-order valence-electron chi connectivity index (χ2n) is 6.68. The monoisotopic (exact) mass is 349 g/mol. The van der Waals surface area contributed by atoms with E-state index in [1.165, 1.54) is 11.8 Å². The normalized spacial score (nSPS) is 14.6. The number of amides is 3. The van der Waals surface area contributed by atoms with Crippen LogP contribution < -0.4 is 10.9 Å². The molecule has 3 amide bonds. The van der Waals surface area contributed by atoms with E-state index in [1.54, 1.807) is 17.0 Å². The first-order valence-corrected chi connectivity index (χ1v) is 8.87. The molecule has 0 aromatic heterocycles. The van der Waals surface area contributed by atoms with Gasteiger partial charge < -0.3 is 4.90 Å². The first kappa shape index (κ1) is 18.3. The highest BCUT2D eigenvalue weighted by atomic mass is 32.2. The number of hydrazine groups is 1. The smallest absolute Gasteiger partial charge is 0.281 e. The molecular weight excluding hydrogens is 326 g/mol. The molecule has 1 aromatic rings. The lowest BCUT2D eigenvalue weighted by Crippen LogP contribution is -2.42. The zero-order chi connectivity index (χ0) is 17.7. The van der Waals surface area contributed by atoms with Gasteiger partial charge in [0.2, 0.25) is 5.91 Å². The van der Waals surface area contributed by atoms with Gasteiger partial charge in [0.05, 0.1) is 0 Å². The van der Waals surface area contributed by atoms with E-state index in [2.05, 4.69) is 31.6 Å². The minimum absolute atomic E-state index is 0.00535. The Hall–Kier alpha value is -2.02. The van der Waals surface area contributed by atoms with E-state index in [0.717, 1.165) is 11.3 Å². The first-order valence-electron chi connectivity index (χ1n) is 7.89. The molecule has 1 aromatic carbocycles. The van der Waals surface area contributed by atoms with Gasteiger partial charge in [0, 0.05) is 30.8 Å². The minimum atomic E-state index is -0.364. The van der Waals surface area contributed by atoms with Gasteiger partial charge in [-0.1, -0.05) is 44.7 Å². The standard InChI is InChI=1S/C17H23N3O3S/c1-17(2,3)13-6-4-12(5-7-13)15(22)19-18-14(21)8-9-20-10-11-24-16(20)23/h4-7H,8-11H2,1-3H3,(H,18,21)(H,19,22). The van der Waals surface area contributed by atoms with Crippen LogP contribution in [0.2, 0.25) is 0 Å². The van der Waals surface area contributed by atoms with E-state index in [4.69, 9.17) is 0 Å². The van der Waals surface area contributed by atoms with Gasteiger partial charge in [0.25, 0.3) is 11.1 Å². The minimum Gasteiger partial charge on any atom is -0.332 e. The predicted octanol–water partition coefficient (Wildman–Crippen LogP) is 2.30. The molecule has 24 heavy (non-hydrogen) atoms. The lowest BCUT2D eigenvalue weighted by atomic mass is 9.87. The highest BCUT2D eigenvalue weighted by molar-refractivity contribution is 8.13. The number of rotatable bonds is 4. The molecule has 0 saturated carbocycles. The highest BCUT2D eigenvalue weighted by Gasteiger charge is 2.21. The van der Waals surface area contributed by atoms with Crippen LogP contribution in [0.4, 0.5) is 4.79 Å². The number of carbonyl (C=O) groups excluding carboxylic acids is 3. The number of nitrogens with one attached hydrogen (secondary N) is 2. The summed E-state index contributed by atoms with van der Waals surface area (Å²) in [7, 11) is 0. The molecule has 1 heterocycles. The van der Waals surface area contributed by atoms with Crippen LogP contribution in [-0.2, 0) is 10.2 Å². The molecule has 1 aliphatic rings. The Bertz CT molecular complexity index is 623. The maximum absolute atomic E-state index is 12.0. The average Bonchev–Trinajstić information content (AvgIpc) is 2.95. The van der Waals surface area contributed by atoms with Crippen LogP contribution in [0.25, 0.3) is 0 Å². The second kappa shape index (κ2) is 7.70. The predicted molar refractivity (Wildman–Crippen MR) is 94.8 cm³/mol. The fourth-order valence-electron chi connectivity index (χ4n) is 2.25. The number of hydrogen-bond donors (Lipinski definition) is 2. The summed E-state index contributed by atoms with van der Waals surface area (Å²) >= 11 is 1.26. The molecule has 0 bridgehead atoms. The Labute approximate surface area is 146 Å². The topological polar surface area (TPSA) is 78.5 Å². The molecule has 0 spiro atoms. The van der Waals surface area contributed by atoms with Crippen LogP contribution in [0.5, 0.6) is 0 Å². The summed E-state index contributed by atoms with van der Waals surface area (Å²) in [5.41, 5.74) is 6.42. The van der Waals surface area contributed by atoms with Crippen molar-refractivity contribution in [1.82, 2.24) is 15.8 Å². The molecule has 0 aliphatic carbocycles. The van der Waals surface area contributed by atoms with Crippen LogP contribution in [0, 0.1) is 0 Å². The number of benzene rings is 1. The zero-order valence-corrected chi connectivity index (χ0v) is 15.0. The first-order chi connectivity index (χ1) is 11.3. The van der Waals surface area contributed by atoms with Crippen molar-refractivity contribution in [3.05, 3.63) is 35.4 Å². The lowest BCUT2D eigenvalue weighted by Gasteiger charge is -2.19. The largest absolute Gasteiger partial charge is 0.332 e. The average molecular weight is 349 g/mol. The number of thioether (sulfide) groups is 1. The van der Waals surface area contributed by atoms with Crippen LogP contribution in [-0.4, -0.2) is 40.8 Å². The van der Waals surface area contributed by atoms with Crippen molar-refractivity contribution >= 4 is 28.8 Å². The van der Waals surface area contributed by atoms with Crippen molar-refractivity contribution in [2.24, 2.45) is 0 Å². The van der Waals surface area contributed by atoms with E-state index < -0.39 is 0 Å². The third kappa shape index (κ3) is 4.99. The SMILES string of the molecule is CC(C)(C)c1ccc(C(=O)NNC(=O)CCN2CCSC2=O)cc1. The van der Waals surface area contributed by atoms with Crippen molar-refractivity contribution in [1.29, 1.82) is 0 Å². The number of nitrogens with zero attached hydrogens (tertiary/aromatic N) is 1. The summed E-state index contributed by atoms with van der Waals surface area (Å²) in [4.78, 5) is 36.8. The molecule has 1 fully saturated rings. The summed E-state index contributed by atoms with van der Waals surface area (Å²) in [5.74, 6) is 0.0813. The molecule has 130 valence electrons. The van der Waals surface area contributed by atoms with Crippen LogP contribution >= 0.6 is 11.8 Å². The van der Waals surface area contributed by atoms with Crippen molar-refractivity contribution in [3.63, 3.8) is 0 Å². The van der Waals surface area contributed by atoms with Crippen molar-refractivity contribution < 1.29 is 14.4 Å². The zero-order valence-electron chi connectivity index (χ0n) is 14.2. The molecule has 1 saturated heterocycles. The fraction of sp³-hybridized carbons (Fsp3) is 0.471. The number of hydrogen-bond acceptors (Lipinski definition) is 4. The molecule has 0 radical (unpaired) electrons. The van der Waals surface area contributed by atoms with Crippen molar-refractivity contribution in [2.75, 3.05) is 18.8 Å². The molecule has 2 rings (SSSR count). The third-order valence-electron chi connectivity index (χ3n) is 3.78. The fourth-order valence-corrected chi connectivity index (χ4v) is 3.10. The maximum atomic E-state index is 12.0. The molecule has 1 aliphatic heterocycles. The Morgan fingerprint density at radius 2 is 1.83 bits per heavy atom. The molecular formula is C17H23N3O3S. The molecule has 0 unspecified atom stereocenters. The highest BCUT2D eigenvalue weighted by Crippen LogP contribution is 2.22. The van der Waals surface area contributed by atoms with Crippen LogP contribution in [0.3, 0.4) is 0 Å². The second-order valence-corrected chi connectivity index (χ2v) is 7.73. The molecule has 0 atom stereocenters. The van der Waals surface area contributed by atoms with Crippen molar-refractivity contribution in [2.45, 2.75) is 32.6 Å². The Morgan fingerprint density at radius 3 is 2.38 bits per heavy atom. The lowest BCUT2D eigenvalue weighted by molar-refractivity contribution is -0.122. The quantitative estimate of drug-likeness (QED) is 0.818. The van der Waals surface area contributed by atoms with Gasteiger partial charge in [-0.25, -0.2) is 0 Å². The van der Waals surface area contributed by atoms with E-state index in [1.807, 2.05) is 12.1 Å². The van der Waals surface area contributed by atoms with Gasteiger partial charge in [0.1, 0.15) is 0 Å². The Kier molecular flexibility index (Phi) is 5.88. The van der Waals surface area contributed by atoms with Gasteiger partial charge in [-0.3, -0.25) is 25.2 Å². The Morgan fingerprint density at radius 1 is 1.17 bits per heavy atom.